The number of fused-ring (bicyclic) bond motifs is 1. The Hall–Kier alpha value is -3.09. The van der Waals surface area contributed by atoms with Gasteiger partial charge in [-0.25, -0.2) is 4.79 Å². The fourth-order valence-corrected chi connectivity index (χ4v) is 3.55. The molecule has 0 aromatic heterocycles. The smallest absolute Gasteiger partial charge is 0.430 e. The molecule has 0 saturated heterocycles. The third-order valence-electron chi connectivity index (χ3n) is 4.98. The van der Waals surface area contributed by atoms with Crippen molar-refractivity contribution in [1.29, 1.82) is 0 Å². The number of aryl methyl sites for hydroxylation is 1. The molecule has 1 unspecified atom stereocenters. The van der Waals surface area contributed by atoms with Crippen molar-refractivity contribution < 1.29 is 32.2 Å². The number of unbranched alkanes of at least 4 members (excludes halogenated alkanes) is 1. The number of carbonyl (C=O) groups is 2. The highest BCUT2D eigenvalue weighted by atomic mass is 19.4. The average Bonchev–Trinajstić information content (AvgIpc) is 2.73. The summed E-state index contributed by atoms with van der Waals surface area (Å²) in [4.78, 5) is 22.9. The lowest BCUT2D eigenvalue weighted by Gasteiger charge is -2.29. The number of aldehydes is 1. The van der Waals surface area contributed by atoms with Gasteiger partial charge in [0.25, 0.3) is 0 Å². The van der Waals surface area contributed by atoms with Crippen molar-refractivity contribution >= 4 is 18.3 Å². The van der Waals surface area contributed by atoms with Crippen molar-refractivity contribution in [3.8, 4) is 5.75 Å². The van der Waals surface area contributed by atoms with E-state index in [0.717, 1.165) is 23.0 Å². The quantitative estimate of drug-likeness (QED) is 0.332. The van der Waals surface area contributed by atoms with Crippen LogP contribution in [-0.4, -0.2) is 31.1 Å². The number of esters is 1. The molecule has 1 aliphatic rings. The Balaban J connectivity index is 2.04. The van der Waals surface area contributed by atoms with Gasteiger partial charge < -0.3 is 14.3 Å². The largest absolute Gasteiger partial charge is 0.475 e. The van der Waals surface area contributed by atoms with Crippen molar-refractivity contribution in [3.05, 3.63) is 70.3 Å². The monoisotopic (exact) mass is 432 g/mol. The van der Waals surface area contributed by atoms with Crippen LogP contribution in [0.4, 0.5) is 13.2 Å². The molecule has 1 atom stereocenters. The number of rotatable bonds is 8. The number of hydrogen-bond acceptors (Lipinski definition) is 4. The van der Waals surface area contributed by atoms with Gasteiger partial charge >= 0.3 is 12.1 Å². The van der Waals surface area contributed by atoms with E-state index in [4.69, 9.17) is 9.47 Å². The van der Waals surface area contributed by atoms with Crippen molar-refractivity contribution in [2.24, 2.45) is 0 Å². The lowest BCUT2D eigenvalue weighted by atomic mass is 9.91. The molecule has 3 rings (SSSR count). The number of carbonyl (C=O) groups excluding carboxylic acids is 2. The van der Waals surface area contributed by atoms with Gasteiger partial charge in [0.1, 0.15) is 12.0 Å². The highest BCUT2D eigenvalue weighted by Gasteiger charge is 2.48. The molecule has 1 aliphatic heterocycles. The molecule has 7 heteroatoms. The molecule has 164 valence electrons. The SMILES string of the molecule is CCOC(=O)C1=Cc2cc(CCCC=O)c(Cc3ccccc3)cc2OC1C(F)(F)F. The second-order valence-corrected chi connectivity index (χ2v) is 7.24. The molecule has 0 aliphatic carbocycles. The van der Waals surface area contributed by atoms with Gasteiger partial charge in [0, 0.05) is 12.0 Å². The molecule has 0 N–H and O–H groups in total. The molecular weight excluding hydrogens is 409 g/mol. The summed E-state index contributed by atoms with van der Waals surface area (Å²) in [5.41, 5.74) is 2.55. The number of ether oxygens (including phenoxy) is 2. The summed E-state index contributed by atoms with van der Waals surface area (Å²) in [5.74, 6) is -0.980. The molecule has 0 fully saturated rings. The lowest BCUT2D eigenvalue weighted by molar-refractivity contribution is -0.187. The minimum Gasteiger partial charge on any atom is -0.475 e. The van der Waals surface area contributed by atoms with Gasteiger partial charge in [-0.05, 0) is 61.1 Å². The Bertz CT molecular complexity index is 965. The first kappa shape index (κ1) is 22.6. The van der Waals surface area contributed by atoms with Crippen LogP contribution in [-0.2, 0) is 27.2 Å². The van der Waals surface area contributed by atoms with Crippen LogP contribution in [0.15, 0.2) is 48.0 Å². The van der Waals surface area contributed by atoms with Crippen LogP contribution in [0.2, 0.25) is 0 Å². The van der Waals surface area contributed by atoms with Crippen LogP contribution in [0.25, 0.3) is 6.08 Å². The van der Waals surface area contributed by atoms with Crippen LogP contribution in [0.1, 0.15) is 42.0 Å². The summed E-state index contributed by atoms with van der Waals surface area (Å²) in [6, 6.07) is 12.9. The van der Waals surface area contributed by atoms with Crippen LogP contribution in [0.5, 0.6) is 5.75 Å². The Morgan fingerprint density at radius 2 is 1.90 bits per heavy atom. The van der Waals surface area contributed by atoms with Crippen LogP contribution < -0.4 is 4.74 Å². The molecule has 31 heavy (non-hydrogen) atoms. The van der Waals surface area contributed by atoms with Gasteiger partial charge in [-0.1, -0.05) is 30.3 Å². The number of halogens is 3. The predicted molar refractivity (Wildman–Crippen MR) is 110 cm³/mol. The first-order chi connectivity index (χ1) is 14.8. The van der Waals surface area contributed by atoms with Gasteiger partial charge in [-0.2, -0.15) is 13.2 Å². The first-order valence-corrected chi connectivity index (χ1v) is 10.1. The summed E-state index contributed by atoms with van der Waals surface area (Å²) >= 11 is 0. The summed E-state index contributed by atoms with van der Waals surface area (Å²) in [6.45, 7) is 1.49. The maximum atomic E-state index is 13.6. The fourth-order valence-electron chi connectivity index (χ4n) is 3.55. The van der Waals surface area contributed by atoms with Crippen molar-refractivity contribution in [3.63, 3.8) is 0 Å². The van der Waals surface area contributed by atoms with Gasteiger partial charge in [0.2, 0.25) is 6.10 Å². The summed E-state index contributed by atoms with van der Waals surface area (Å²) in [5, 5.41) is 0. The van der Waals surface area contributed by atoms with Crippen LogP contribution in [0.3, 0.4) is 0 Å². The number of hydrogen-bond donors (Lipinski definition) is 0. The van der Waals surface area contributed by atoms with Gasteiger partial charge in [-0.3, -0.25) is 0 Å². The molecule has 1 heterocycles. The van der Waals surface area contributed by atoms with E-state index in [2.05, 4.69) is 0 Å². The van der Waals surface area contributed by atoms with E-state index in [-0.39, 0.29) is 12.4 Å². The third kappa shape index (κ3) is 5.54. The van der Waals surface area contributed by atoms with E-state index >= 15 is 0 Å². The van der Waals surface area contributed by atoms with E-state index < -0.39 is 23.8 Å². The highest BCUT2D eigenvalue weighted by Crippen LogP contribution is 2.39. The predicted octanol–water partition coefficient (Wildman–Crippen LogP) is 5.07. The topological polar surface area (TPSA) is 52.6 Å². The van der Waals surface area contributed by atoms with E-state index in [0.29, 0.717) is 31.2 Å². The van der Waals surface area contributed by atoms with Crippen molar-refractivity contribution in [2.45, 2.75) is 44.9 Å². The van der Waals surface area contributed by atoms with Gasteiger partial charge in [0.15, 0.2) is 0 Å². The molecule has 0 bridgehead atoms. The van der Waals surface area contributed by atoms with Crippen molar-refractivity contribution in [1.82, 2.24) is 0 Å². The molecule has 4 nitrogen and oxygen atoms in total. The fraction of sp³-hybridized carbons (Fsp3) is 0.333. The number of alkyl halides is 3. The van der Waals surface area contributed by atoms with Gasteiger partial charge in [-0.15, -0.1) is 0 Å². The second-order valence-electron chi connectivity index (χ2n) is 7.24. The first-order valence-electron chi connectivity index (χ1n) is 10.1. The summed E-state index contributed by atoms with van der Waals surface area (Å²) < 4.78 is 50.9. The normalized spacial score (nSPS) is 15.5. The molecule has 0 radical (unpaired) electrons. The lowest BCUT2D eigenvalue weighted by Crippen LogP contribution is -2.40. The third-order valence-corrected chi connectivity index (χ3v) is 4.98. The van der Waals surface area contributed by atoms with E-state index in [9.17, 15) is 22.8 Å². The zero-order valence-electron chi connectivity index (χ0n) is 17.1. The Kier molecular flexibility index (Phi) is 7.15. The van der Waals surface area contributed by atoms with E-state index in [1.54, 1.807) is 12.1 Å². The van der Waals surface area contributed by atoms with Crippen molar-refractivity contribution in [2.75, 3.05) is 6.61 Å². The molecule has 2 aromatic carbocycles. The second kappa shape index (κ2) is 9.81. The van der Waals surface area contributed by atoms with E-state index in [1.165, 1.54) is 13.0 Å². The van der Waals surface area contributed by atoms with E-state index in [1.807, 2.05) is 30.3 Å². The maximum absolute atomic E-state index is 13.6. The molecular formula is C24H23F3O4. The van der Waals surface area contributed by atoms with Gasteiger partial charge in [0.05, 0.1) is 12.2 Å². The standard InChI is InChI=1S/C24H23F3O4/c1-2-30-23(29)20-14-19-13-17(10-6-7-11-28)18(12-16-8-4-3-5-9-16)15-21(19)31-22(20)24(25,26)27/h3-5,8-9,11,13-15,22H,2,6-7,10,12H2,1H3. The Morgan fingerprint density at radius 3 is 2.55 bits per heavy atom. The Labute approximate surface area is 178 Å². The zero-order valence-corrected chi connectivity index (χ0v) is 17.1. The molecule has 0 spiro atoms. The summed E-state index contributed by atoms with van der Waals surface area (Å²) in [7, 11) is 0. The minimum absolute atomic E-state index is 0.0411. The number of benzene rings is 2. The van der Waals surface area contributed by atoms with Crippen LogP contribution >= 0.6 is 0 Å². The molecule has 2 aromatic rings. The highest BCUT2D eigenvalue weighted by molar-refractivity contribution is 5.96. The maximum Gasteiger partial charge on any atom is 0.430 e. The zero-order chi connectivity index (χ0) is 22.4. The molecule has 0 saturated carbocycles. The summed E-state index contributed by atoms with van der Waals surface area (Å²) in [6.07, 6.45) is -3.01. The average molecular weight is 432 g/mol. The minimum atomic E-state index is -4.77. The molecule has 0 amide bonds. The Morgan fingerprint density at radius 1 is 1.16 bits per heavy atom. The van der Waals surface area contributed by atoms with Crippen LogP contribution in [0, 0.1) is 0 Å².